The van der Waals surface area contributed by atoms with Crippen LogP contribution < -0.4 is 16.4 Å². The standard InChI is InChI=1S/C3H9N3/c1-3-2-4-6-5-3/h3-6H,2H2,1H3. The maximum Gasteiger partial charge on any atom is 0.0337 e. The summed E-state index contributed by atoms with van der Waals surface area (Å²) in [4.78, 5) is 0. The van der Waals surface area contributed by atoms with Crippen molar-refractivity contribution in [1.29, 1.82) is 0 Å². The van der Waals surface area contributed by atoms with E-state index in [1.54, 1.807) is 0 Å². The number of rotatable bonds is 0. The van der Waals surface area contributed by atoms with Gasteiger partial charge in [-0.05, 0) is 6.92 Å². The minimum atomic E-state index is 0.574. The molecule has 0 aliphatic carbocycles. The van der Waals surface area contributed by atoms with Crippen molar-refractivity contribution in [3.8, 4) is 0 Å². The van der Waals surface area contributed by atoms with E-state index in [1.807, 2.05) is 0 Å². The Labute approximate surface area is 37.1 Å². The molecule has 3 N–H and O–H groups in total. The Morgan fingerprint density at radius 2 is 2.50 bits per heavy atom. The first-order valence-corrected chi connectivity index (χ1v) is 2.13. The molecule has 0 amide bonds. The summed E-state index contributed by atoms with van der Waals surface area (Å²) in [6.07, 6.45) is 0. The number of hydrazine groups is 2. The van der Waals surface area contributed by atoms with Gasteiger partial charge in [0.15, 0.2) is 0 Å². The van der Waals surface area contributed by atoms with Gasteiger partial charge in [0.1, 0.15) is 0 Å². The van der Waals surface area contributed by atoms with Crippen molar-refractivity contribution in [2.75, 3.05) is 6.54 Å². The fraction of sp³-hybridized carbons (Fsp3) is 1.00. The summed E-state index contributed by atoms with van der Waals surface area (Å²) >= 11 is 0. The zero-order valence-electron chi connectivity index (χ0n) is 3.78. The van der Waals surface area contributed by atoms with Gasteiger partial charge in [-0.2, -0.15) is 5.53 Å². The van der Waals surface area contributed by atoms with E-state index in [9.17, 15) is 0 Å². The van der Waals surface area contributed by atoms with Crippen LogP contribution in [0.15, 0.2) is 0 Å². The molecule has 3 nitrogen and oxygen atoms in total. The predicted octanol–water partition coefficient (Wildman–Crippen LogP) is -1.01. The Morgan fingerprint density at radius 3 is 2.67 bits per heavy atom. The topological polar surface area (TPSA) is 36.1 Å². The molecule has 0 aromatic carbocycles. The van der Waals surface area contributed by atoms with Crippen LogP contribution in [0, 0.1) is 0 Å². The summed E-state index contributed by atoms with van der Waals surface area (Å²) < 4.78 is 0. The first kappa shape index (κ1) is 4.05. The highest BCUT2D eigenvalue weighted by Crippen LogP contribution is 1.76. The first-order chi connectivity index (χ1) is 2.89. The molecule has 1 unspecified atom stereocenters. The molecule has 1 aliphatic heterocycles. The SMILES string of the molecule is CC1CNNN1. The lowest BCUT2D eigenvalue weighted by atomic mass is 10.4. The van der Waals surface area contributed by atoms with Crippen LogP contribution in [0.5, 0.6) is 0 Å². The molecule has 6 heavy (non-hydrogen) atoms. The number of nitrogens with one attached hydrogen (secondary N) is 3. The molecule has 1 heterocycles. The van der Waals surface area contributed by atoms with E-state index in [0.717, 1.165) is 6.54 Å². The summed E-state index contributed by atoms with van der Waals surface area (Å²) in [6.45, 7) is 3.12. The lowest BCUT2D eigenvalue weighted by Gasteiger charge is -1.92. The molecular weight excluding hydrogens is 78.1 g/mol. The molecule has 36 valence electrons. The van der Waals surface area contributed by atoms with Gasteiger partial charge in [0.25, 0.3) is 0 Å². The lowest BCUT2D eigenvalue weighted by molar-refractivity contribution is 0.561. The molecule has 1 saturated heterocycles. The van der Waals surface area contributed by atoms with Crippen molar-refractivity contribution in [3.05, 3.63) is 0 Å². The zero-order valence-corrected chi connectivity index (χ0v) is 3.78. The van der Waals surface area contributed by atoms with Gasteiger partial charge in [0.2, 0.25) is 0 Å². The third-order valence-corrected chi connectivity index (χ3v) is 0.815. The second-order valence-corrected chi connectivity index (χ2v) is 1.55. The van der Waals surface area contributed by atoms with E-state index in [4.69, 9.17) is 0 Å². The zero-order chi connectivity index (χ0) is 4.41. The lowest BCUT2D eigenvalue weighted by Crippen LogP contribution is -2.32. The molecule has 1 fully saturated rings. The molecule has 0 spiro atoms. The summed E-state index contributed by atoms with van der Waals surface area (Å²) in [5.41, 5.74) is 8.64. The largest absolute Gasteiger partial charge is 0.243 e. The molecular formula is C3H9N3. The van der Waals surface area contributed by atoms with Crippen LogP contribution in [0.2, 0.25) is 0 Å². The van der Waals surface area contributed by atoms with Crippen LogP contribution in [-0.2, 0) is 0 Å². The third kappa shape index (κ3) is 0.680. The normalized spacial score (nSPS) is 34.5. The van der Waals surface area contributed by atoms with E-state index in [-0.39, 0.29) is 0 Å². The van der Waals surface area contributed by atoms with Gasteiger partial charge in [-0.3, -0.25) is 0 Å². The van der Waals surface area contributed by atoms with E-state index in [0.29, 0.717) is 6.04 Å². The Kier molecular flexibility index (Phi) is 1.05. The Hall–Kier alpha value is -0.120. The predicted molar refractivity (Wildman–Crippen MR) is 23.7 cm³/mol. The Balaban J connectivity index is 2.18. The minimum Gasteiger partial charge on any atom is -0.243 e. The van der Waals surface area contributed by atoms with Gasteiger partial charge in [-0.15, -0.1) is 0 Å². The van der Waals surface area contributed by atoms with Crippen molar-refractivity contribution in [2.24, 2.45) is 0 Å². The minimum absolute atomic E-state index is 0.574. The van der Waals surface area contributed by atoms with Gasteiger partial charge in [0.05, 0.1) is 0 Å². The van der Waals surface area contributed by atoms with Gasteiger partial charge >= 0.3 is 0 Å². The summed E-state index contributed by atoms with van der Waals surface area (Å²) in [5, 5.41) is 0. The van der Waals surface area contributed by atoms with Crippen molar-refractivity contribution in [2.45, 2.75) is 13.0 Å². The molecule has 0 radical (unpaired) electrons. The average Bonchev–Trinajstić information content (AvgIpc) is 1.86. The molecule has 1 rings (SSSR count). The molecule has 0 aromatic heterocycles. The van der Waals surface area contributed by atoms with Gasteiger partial charge in [0, 0.05) is 12.6 Å². The molecule has 1 aliphatic rings. The van der Waals surface area contributed by atoms with E-state index in [1.165, 1.54) is 0 Å². The second-order valence-electron chi connectivity index (χ2n) is 1.55. The number of hydrogen-bond acceptors (Lipinski definition) is 3. The highest BCUT2D eigenvalue weighted by atomic mass is 15.6. The summed E-state index contributed by atoms with van der Waals surface area (Å²) in [5.74, 6) is 0. The first-order valence-electron chi connectivity index (χ1n) is 2.13. The monoisotopic (exact) mass is 87.1 g/mol. The Bertz CT molecular complexity index is 39.3. The fourth-order valence-corrected chi connectivity index (χ4v) is 0.429. The Morgan fingerprint density at radius 1 is 1.67 bits per heavy atom. The van der Waals surface area contributed by atoms with Crippen LogP contribution in [0.1, 0.15) is 6.92 Å². The quantitative estimate of drug-likeness (QED) is 0.354. The van der Waals surface area contributed by atoms with Crippen LogP contribution in [0.3, 0.4) is 0 Å². The van der Waals surface area contributed by atoms with Crippen LogP contribution in [0.25, 0.3) is 0 Å². The summed E-state index contributed by atoms with van der Waals surface area (Å²) in [7, 11) is 0. The van der Waals surface area contributed by atoms with E-state index in [2.05, 4.69) is 23.3 Å². The van der Waals surface area contributed by atoms with Crippen LogP contribution >= 0.6 is 0 Å². The third-order valence-electron chi connectivity index (χ3n) is 0.815. The highest BCUT2D eigenvalue weighted by molar-refractivity contribution is 4.62. The van der Waals surface area contributed by atoms with Crippen LogP contribution in [-0.4, -0.2) is 12.6 Å². The molecule has 0 aromatic rings. The fourth-order valence-electron chi connectivity index (χ4n) is 0.429. The average molecular weight is 87.1 g/mol. The summed E-state index contributed by atoms with van der Waals surface area (Å²) in [6, 6.07) is 0.574. The van der Waals surface area contributed by atoms with Crippen molar-refractivity contribution in [1.82, 2.24) is 16.4 Å². The van der Waals surface area contributed by atoms with E-state index < -0.39 is 0 Å². The molecule has 0 saturated carbocycles. The maximum atomic E-state index is 2.96. The molecule has 3 heteroatoms. The maximum absolute atomic E-state index is 2.96. The van der Waals surface area contributed by atoms with E-state index >= 15 is 0 Å². The second kappa shape index (κ2) is 1.55. The number of hydrogen-bond donors (Lipinski definition) is 3. The van der Waals surface area contributed by atoms with Gasteiger partial charge < -0.3 is 0 Å². The smallest absolute Gasteiger partial charge is 0.0337 e. The van der Waals surface area contributed by atoms with Crippen molar-refractivity contribution in [3.63, 3.8) is 0 Å². The van der Waals surface area contributed by atoms with Gasteiger partial charge in [-0.1, -0.05) is 0 Å². The highest BCUT2D eigenvalue weighted by Gasteiger charge is 2.03. The molecule has 1 atom stereocenters. The van der Waals surface area contributed by atoms with Crippen molar-refractivity contribution < 1.29 is 0 Å². The van der Waals surface area contributed by atoms with Gasteiger partial charge in [-0.25, -0.2) is 10.9 Å². The van der Waals surface area contributed by atoms with Crippen LogP contribution in [0.4, 0.5) is 0 Å². The molecule has 0 bridgehead atoms. The van der Waals surface area contributed by atoms with Crippen molar-refractivity contribution >= 4 is 0 Å².